The number of carbonyl (C=O) groups is 3. The molecule has 0 saturated carbocycles. The second-order valence-electron chi connectivity index (χ2n) is 5.45. The van der Waals surface area contributed by atoms with Gasteiger partial charge in [-0.15, -0.1) is 0 Å². The number of benzene rings is 1. The molecule has 0 bridgehead atoms. The van der Waals surface area contributed by atoms with Gasteiger partial charge in [0.2, 0.25) is 5.91 Å². The Kier molecular flexibility index (Phi) is 3.37. The van der Waals surface area contributed by atoms with Crippen LogP contribution in [0.1, 0.15) is 35.2 Å². The number of nitrogens with zero attached hydrogens (tertiary/aromatic N) is 1. The Balaban J connectivity index is 1.86. The van der Waals surface area contributed by atoms with Crippen molar-refractivity contribution in [3.8, 4) is 0 Å². The lowest BCUT2D eigenvalue weighted by molar-refractivity contribution is -0.143. The topological polar surface area (TPSA) is 86.7 Å². The Bertz CT molecular complexity index is 626. The molecule has 2 N–H and O–H groups in total. The van der Waals surface area contributed by atoms with Crippen molar-refractivity contribution in [3.05, 3.63) is 29.3 Å². The third kappa shape index (κ3) is 2.49. The maximum Gasteiger partial charge on any atom is 0.326 e. The normalized spacial score (nSPS) is 20.9. The molecule has 6 nitrogen and oxygen atoms in total. The molecule has 1 aromatic carbocycles. The quantitative estimate of drug-likeness (QED) is 0.857. The van der Waals surface area contributed by atoms with Gasteiger partial charge in [-0.25, -0.2) is 4.79 Å². The first-order valence-electron chi connectivity index (χ1n) is 7.03. The van der Waals surface area contributed by atoms with E-state index in [9.17, 15) is 19.5 Å². The van der Waals surface area contributed by atoms with Crippen LogP contribution in [0.3, 0.4) is 0 Å². The number of fused-ring (bicyclic) bond motifs is 1. The van der Waals surface area contributed by atoms with Crippen LogP contribution in [0.4, 0.5) is 5.69 Å². The summed E-state index contributed by atoms with van der Waals surface area (Å²) >= 11 is 0. The number of anilines is 1. The summed E-state index contributed by atoms with van der Waals surface area (Å²) in [7, 11) is 0. The lowest BCUT2D eigenvalue weighted by Gasteiger charge is -2.33. The summed E-state index contributed by atoms with van der Waals surface area (Å²) in [6.07, 6.45) is 2.45. The number of carbonyl (C=O) groups excluding carboxylic acids is 2. The molecule has 3 rings (SSSR count). The number of piperidine rings is 1. The van der Waals surface area contributed by atoms with Crippen LogP contribution in [0.2, 0.25) is 0 Å². The number of aliphatic carboxylic acids is 1. The minimum absolute atomic E-state index is 0.0871. The van der Waals surface area contributed by atoms with Crippen LogP contribution in [0.15, 0.2) is 18.2 Å². The lowest BCUT2D eigenvalue weighted by Crippen LogP contribution is -2.47. The zero-order chi connectivity index (χ0) is 15.0. The number of carboxylic acid groups (broad SMARTS) is 1. The van der Waals surface area contributed by atoms with Gasteiger partial charge in [-0.2, -0.15) is 0 Å². The van der Waals surface area contributed by atoms with Crippen molar-refractivity contribution in [1.82, 2.24) is 4.90 Å². The molecule has 0 aliphatic carbocycles. The number of carboxylic acids is 1. The average Bonchev–Trinajstić information content (AvgIpc) is 2.85. The Morgan fingerprint density at radius 2 is 2.10 bits per heavy atom. The highest BCUT2D eigenvalue weighted by atomic mass is 16.4. The molecule has 0 unspecified atom stereocenters. The van der Waals surface area contributed by atoms with Crippen LogP contribution < -0.4 is 5.32 Å². The first-order valence-corrected chi connectivity index (χ1v) is 7.03. The summed E-state index contributed by atoms with van der Waals surface area (Å²) in [5.74, 6) is -1.33. The third-order valence-corrected chi connectivity index (χ3v) is 4.03. The van der Waals surface area contributed by atoms with Gasteiger partial charge in [0, 0.05) is 17.8 Å². The van der Waals surface area contributed by atoms with Gasteiger partial charge in [0.05, 0.1) is 6.42 Å². The smallest absolute Gasteiger partial charge is 0.326 e. The Hall–Kier alpha value is -2.37. The van der Waals surface area contributed by atoms with Gasteiger partial charge >= 0.3 is 5.97 Å². The molecule has 1 aromatic rings. The molecule has 2 amide bonds. The number of hydrogen-bond donors (Lipinski definition) is 2. The zero-order valence-electron chi connectivity index (χ0n) is 11.5. The third-order valence-electron chi connectivity index (χ3n) is 4.03. The van der Waals surface area contributed by atoms with Gasteiger partial charge < -0.3 is 15.3 Å². The fourth-order valence-electron chi connectivity index (χ4n) is 2.94. The first-order chi connectivity index (χ1) is 10.1. The summed E-state index contributed by atoms with van der Waals surface area (Å²) in [5, 5.41) is 11.9. The predicted octanol–water partition coefficient (Wildman–Crippen LogP) is 1.26. The molecule has 0 spiro atoms. The largest absolute Gasteiger partial charge is 0.480 e. The summed E-state index contributed by atoms with van der Waals surface area (Å²) in [4.78, 5) is 36.6. The molecule has 1 atom stereocenters. The van der Waals surface area contributed by atoms with Gasteiger partial charge in [-0.1, -0.05) is 6.07 Å². The number of amides is 2. The van der Waals surface area contributed by atoms with E-state index in [0.717, 1.165) is 18.4 Å². The molecule has 2 aliphatic rings. The average molecular weight is 288 g/mol. The molecular weight excluding hydrogens is 272 g/mol. The van der Waals surface area contributed by atoms with Crippen molar-refractivity contribution in [2.45, 2.75) is 31.7 Å². The van der Waals surface area contributed by atoms with E-state index in [1.165, 1.54) is 4.90 Å². The Morgan fingerprint density at radius 1 is 1.29 bits per heavy atom. The van der Waals surface area contributed by atoms with Crippen LogP contribution in [-0.2, 0) is 16.0 Å². The number of hydrogen-bond acceptors (Lipinski definition) is 3. The SMILES string of the molecule is O=C1Cc2ccc(C(=O)N3CCCC[C@@H]3C(=O)O)cc2N1. The van der Waals surface area contributed by atoms with Crippen molar-refractivity contribution in [3.63, 3.8) is 0 Å². The number of likely N-dealkylation sites (tertiary alicyclic amines) is 1. The lowest BCUT2D eigenvalue weighted by atomic mass is 10.00. The van der Waals surface area contributed by atoms with E-state index in [1.807, 2.05) is 0 Å². The van der Waals surface area contributed by atoms with Crippen LogP contribution >= 0.6 is 0 Å². The highest BCUT2D eigenvalue weighted by Gasteiger charge is 2.33. The fourth-order valence-corrected chi connectivity index (χ4v) is 2.94. The van der Waals surface area contributed by atoms with Gasteiger partial charge in [-0.05, 0) is 37.0 Å². The molecule has 2 aliphatic heterocycles. The summed E-state index contributed by atoms with van der Waals surface area (Å²) < 4.78 is 0. The maximum absolute atomic E-state index is 12.5. The second kappa shape index (κ2) is 5.20. The van der Waals surface area contributed by atoms with Crippen molar-refractivity contribution < 1.29 is 19.5 Å². The second-order valence-corrected chi connectivity index (χ2v) is 5.45. The maximum atomic E-state index is 12.5. The molecule has 0 radical (unpaired) electrons. The highest BCUT2D eigenvalue weighted by Crippen LogP contribution is 2.26. The first kappa shape index (κ1) is 13.6. The molecule has 6 heteroatoms. The molecular formula is C15H16N2O4. The van der Waals surface area contributed by atoms with Gasteiger partial charge in [-0.3, -0.25) is 9.59 Å². The van der Waals surface area contributed by atoms with Gasteiger partial charge in [0.15, 0.2) is 0 Å². The predicted molar refractivity (Wildman–Crippen MR) is 75.1 cm³/mol. The summed E-state index contributed by atoms with van der Waals surface area (Å²) in [6, 6.07) is 4.29. The van der Waals surface area contributed by atoms with E-state index < -0.39 is 12.0 Å². The molecule has 2 heterocycles. The standard InChI is InChI=1S/C15H16N2O4/c18-13-8-9-4-5-10(7-11(9)16-13)14(19)17-6-2-1-3-12(17)15(20)21/h4-5,7,12H,1-3,6,8H2,(H,16,18)(H,20,21)/t12-/m1/s1. The van der Waals surface area contributed by atoms with Crippen LogP contribution in [0.25, 0.3) is 0 Å². The molecule has 1 saturated heterocycles. The molecule has 110 valence electrons. The van der Waals surface area contributed by atoms with Crippen molar-refractivity contribution >= 4 is 23.5 Å². The van der Waals surface area contributed by atoms with Gasteiger partial charge in [0.1, 0.15) is 6.04 Å². The number of nitrogens with one attached hydrogen (secondary N) is 1. The van der Waals surface area contributed by atoms with E-state index in [4.69, 9.17) is 0 Å². The fraction of sp³-hybridized carbons (Fsp3) is 0.400. The van der Waals surface area contributed by atoms with Crippen molar-refractivity contribution in [2.24, 2.45) is 0 Å². The minimum atomic E-state index is -0.961. The van der Waals surface area contributed by atoms with E-state index in [-0.39, 0.29) is 11.8 Å². The highest BCUT2D eigenvalue weighted by molar-refractivity contribution is 6.03. The monoisotopic (exact) mass is 288 g/mol. The molecule has 1 fully saturated rings. The minimum Gasteiger partial charge on any atom is -0.480 e. The van der Waals surface area contributed by atoms with Crippen molar-refractivity contribution in [2.75, 3.05) is 11.9 Å². The van der Waals surface area contributed by atoms with E-state index in [1.54, 1.807) is 18.2 Å². The molecule has 21 heavy (non-hydrogen) atoms. The van der Waals surface area contributed by atoms with E-state index in [2.05, 4.69) is 5.32 Å². The summed E-state index contributed by atoms with van der Waals surface area (Å²) in [6.45, 7) is 0.458. The number of rotatable bonds is 2. The van der Waals surface area contributed by atoms with Crippen LogP contribution in [0.5, 0.6) is 0 Å². The van der Waals surface area contributed by atoms with E-state index >= 15 is 0 Å². The van der Waals surface area contributed by atoms with Crippen molar-refractivity contribution in [1.29, 1.82) is 0 Å². The van der Waals surface area contributed by atoms with Gasteiger partial charge in [0.25, 0.3) is 5.91 Å². The Morgan fingerprint density at radius 3 is 2.86 bits per heavy atom. The van der Waals surface area contributed by atoms with Crippen LogP contribution in [-0.4, -0.2) is 40.4 Å². The van der Waals surface area contributed by atoms with Crippen LogP contribution in [0, 0.1) is 0 Å². The van der Waals surface area contributed by atoms with E-state index in [0.29, 0.717) is 30.6 Å². The summed E-state index contributed by atoms with van der Waals surface area (Å²) in [5.41, 5.74) is 1.93. The Labute approximate surface area is 121 Å². The molecule has 0 aromatic heterocycles. The zero-order valence-corrected chi connectivity index (χ0v) is 11.5.